The van der Waals surface area contributed by atoms with Crippen LogP contribution in [0, 0.1) is 11.8 Å². The van der Waals surface area contributed by atoms with E-state index in [0.717, 1.165) is 24.7 Å². The third kappa shape index (κ3) is 3.14. The first-order valence-corrected chi connectivity index (χ1v) is 5.40. The van der Waals surface area contributed by atoms with Crippen LogP contribution < -0.4 is 0 Å². The highest BCUT2D eigenvalue weighted by Crippen LogP contribution is 2.31. The summed E-state index contributed by atoms with van der Waals surface area (Å²) in [6, 6.07) is 0. The van der Waals surface area contributed by atoms with E-state index in [9.17, 15) is 5.11 Å². The van der Waals surface area contributed by atoms with Gasteiger partial charge in [0.2, 0.25) is 0 Å². The first-order valence-electron chi connectivity index (χ1n) is 5.40. The molecule has 0 unspecified atom stereocenters. The van der Waals surface area contributed by atoms with Gasteiger partial charge in [0.25, 0.3) is 0 Å². The second kappa shape index (κ2) is 4.86. The van der Waals surface area contributed by atoms with Crippen LogP contribution in [0.15, 0.2) is 0 Å². The highest BCUT2D eigenvalue weighted by Gasteiger charge is 2.19. The van der Waals surface area contributed by atoms with Gasteiger partial charge in [-0.25, -0.2) is 0 Å². The van der Waals surface area contributed by atoms with Gasteiger partial charge in [-0.1, -0.05) is 39.5 Å². The van der Waals surface area contributed by atoms with Gasteiger partial charge >= 0.3 is 0 Å². The fourth-order valence-electron chi connectivity index (χ4n) is 2.12. The molecule has 1 rings (SSSR count). The standard InChI is InChI=1S/C11H22O/c1-3-11(12)8-10-6-4-9(2)5-7-10/h9-12H,3-8H2,1-2H3/t9?,10?,11-/m0/s1. The zero-order valence-corrected chi connectivity index (χ0v) is 8.42. The van der Waals surface area contributed by atoms with E-state index >= 15 is 0 Å². The van der Waals surface area contributed by atoms with Crippen LogP contribution in [0.4, 0.5) is 0 Å². The predicted molar refractivity (Wildman–Crippen MR) is 52.0 cm³/mol. The summed E-state index contributed by atoms with van der Waals surface area (Å²) in [6.07, 6.45) is 7.37. The average molecular weight is 170 g/mol. The minimum atomic E-state index is -0.0385. The Labute approximate surface area is 76.2 Å². The molecule has 1 fully saturated rings. The molecule has 0 heterocycles. The highest BCUT2D eigenvalue weighted by atomic mass is 16.3. The Morgan fingerprint density at radius 2 is 1.83 bits per heavy atom. The molecule has 1 aliphatic carbocycles. The van der Waals surface area contributed by atoms with E-state index in [-0.39, 0.29) is 6.10 Å². The zero-order valence-electron chi connectivity index (χ0n) is 8.42. The van der Waals surface area contributed by atoms with Crippen LogP contribution in [-0.4, -0.2) is 11.2 Å². The lowest BCUT2D eigenvalue weighted by Crippen LogP contribution is -2.18. The fraction of sp³-hybridized carbons (Fsp3) is 1.00. The lowest BCUT2D eigenvalue weighted by molar-refractivity contribution is 0.120. The molecule has 72 valence electrons. The third-order valence-corrected chi connectivity index (χ3v) is 3.21. The van der Waals surface area contributed by atoms with Gasteiger partial charge < -0.3 is 5.11 Å². The second-order valence-corrected chi connectivity index (χ2v) is 4.42. The van der Waals surface area contributed by atoms with Gasteiger partial charge in [0, 0.05) is 0 Å². The van der Waals surface area contributed by atoms with Crippen molar-refractivity contribution in [3.05, 3.63) is 0 Å². The van der Waals surface area contributed by atoms with E-state index < -0.39 is 0 Å². The molecule has 1 aliphatic rings. The molecular weight excluding hydrogens is 148 g/mol. The van der Waals surface area contributed by atoms with Crippen molar-refractivity contribution in [1.29, 1.82) is 0 Å². The Morgan fingerprint density at radius 1 is 1.25 bits per heavy atom. The Balaban J connectivity index is 2.17. The molecule has 1 atom stereocenters. The van der Waals surface area contributed by atoms with Gasteiger partial charge in [-0.05, 0) is 24.7 Å². The van der Waals surface area contributed by atoms with E-state index in [1.807, 2.05) is 0 Å². The molecule has 0 spiro atoms. The summed E-state index contributed by atoms with van der Waals surface area (Å²) in [6.45, 7) is 4.41. The van der Waals surface area contributed by atoms with E-state index in [1.165, 1.54) is 25.7 Å². The van der Waals surface area contributed by atoms with Crippen molar-refractivity contribution in [3.8, 4) is 0 Å². The van der Waals surface area contributed by atoms with Gasteiger partial charge in [0.15, 0.2) is 0 Å². The molecule has 0 aromatic rings. The lowest BCUT2D eigenvalue weighted by atomic mass is 9.80. The van der Waals surface area contributed by atoms with Crippen LogP contribution in [0.5, 0.6) is 0 Å². The summed E-state index contributed by atoms with van der Waals surface area (Å²) in [4.78, 5) is 0. The number of rotatable bonds is 3. The Bertz CT molecular complexity index is 114. The lowest BCUT2D eigenvalue weighted by Gasteiger charge is -2.27. The molecule has 12 heavy (non-hydrogen) atoms. The van der Waals surface area contributed by atoms with Crippen molar-refractivity contribution in [2.75, 3.05) is 0 Å². The summed E-state index contributed by atoms with van der Waals surface area (Å²) in [7, 11) is 0. The molecule has 0 aromatic heterocycles. The van der Waals surface area contributed by atoms with Gasteiger partial charge in [-0.15, -0.1) is 0 Å². The van der Waals surface area contributed by atoms with E-state index in [1.54, 1.807) is 0 Å². The molecule has 0 aromatic carbocycles. The topological polar surface area (TPSA) is 20.2 Å². The van der Waals surface area contributed by atoms with Gasteiger partial charge in [-0.3, -0.25) is 0 Å². The van der Waals surface area contributed by atoms with Crippen LogP contribution in [0.2, 0.25) is 0 Å². The summed E-state index contributed by atoms with van der Waals surface area (Å²) in [5, 5.41) is 9.48. The van der Waals surface area contributed by atoms with Crippen molar-refractivity contribution in [1.82, 2.24) is 0 Å². The van der Waals surface area contributed by atoms with Crippen molar-refractivity contribution in [2.45, 2.75) is 58.5 Å². The second-order valence-electron chi connectivity index (χ2n) is 4.42. The normalized spacial score (nSPS) is 33.2. The van der Waals surface area contributed by atoms with Gasteiger partial charge in [0.05, 0.1) is 6.10 Å². The summed E-state index contributed by atoms with van der Waals surface area (Å²) >= 11 is 0. The quantitative estimate of drug-likeness (QED) is 0.690. The molecule has 0 aliphatic heterocycles. The van der Waals surface area contributed by atoms with Crippen LogP contribution in [0.3, 0.4) is 0 Å². The molecule has 0 amide bonds. The Morgan fingerprint density at radius 3 is 2.33 bits per heavy atom. The van der Waals surface area contributed by atoms with Crippen molar-refractivity contribution < 1.29 is 5.11 Å². The first-order chi connectivity index (χ1) is 5.72. The minimum Gasteiger partial charge on any atom is -0.393 e. The number of hydrogen-bond acceptors (Lipinski definition) is 1. The largest absolute Gasteiger partial charge is 0.393 e. The van der Waals surface area contributed by atoms with Crippen LogP contribution in [0.1, 0.15) is 52.4 Å². The predicted octanol–water partition coefficient (Wildman–Crippen LogP) is 2.97. The summed E-state index contributed by atoms with van der Waals surface area (Å²) in [5.74, 6) is 1.75. The number of aliphatic hydroxyl groups excluding tert-OH is 1. The Hall–Kier alpha value is -0.0400. The van der Waals surface area contributed by atoms with Crippen LogP contribution >= 0.6 is 0 Å². The molecule has 0 bridgehead atoms. The highest BCUT2D eigenvalue weighted by molar-refractivity contribution is 4.72. The summed E-state index contributed by atoms with van der Waals surface area (Å²) < 4.78 is 0. The van der Waals surface area contributed by atoms with E-state index in [4.69, 9.17) is 0 Å². The maximum absolute atomic E-state index is 9.48. The minimum absolute atomic E-state index is 0.0385. The van der Waals surface area contributed by atoms with E-state index in [2.05, 4.69) is 13.8 Å². The van der Waals surface area contributed by atoms with E-state index in [0.29, 0.717) is 0 Å². The smallest absolute Gasteiger partial charge is 0.0540 e. The zero-order chi connectivity index (χ0) is 8.97. The molecule has 0 saturated heterocycles. The maximum Gasteiger partial charge on any atom is 0.0540 e. The van der Waals surface area contributed by atoms with Crippen molar-refractivity contribution >= 4 is 0 Å². The molecule has 0 radical (unpaired) electrons. The fourth-order valence-corrected chi connectivity index (χ4v) is 2.12. The third-order valence-electron chi connectivity index (χ3n) is 3.21. The van der Waals surface area contributed by atoms with Gasteiger partial charge in [0.1, 0.15) is 0 Å². The molecule has 1 N–H and O–H groups in total. The SMILES string of the molecule is CC[C@H](O)CC1CCC(C)CC1. The van der Waals surface area contributed by atoms with Crippen LogP contribution in [0.25, 0.3) is 0 Å². The first kappa shape index (κ1) is 10.0. The molecular formula is C11H22O. The number of aliphatic hydroxyl groups is 1. The van der Waals surface area contributed by atoms with Crippen LogP contribution in [-0.2, 0) is 0 Å². The van der Waals surface area contributed by atoms with Gasteiger partial charge in [-0.2, -0.15) is 0 Å². The summed E-state index contributed by atoms with van der Waals surface area (Å²) in [5.41, 5.74) is 0. The van der Waals surface area contributed by atoms with Crippen molar-refractivity contribution in [3.63, 3.8) is 0 Å². The van der Waals surface area contributed by atoms with Crippen molar-refractivity contribution in [2.24, 2.45) is 11.8 Å². The average Bonchev–Trinajstić information content (AvgIpc) is 2.09. The molecule has 1 nitrogen and oxygen atoms in total. The maximum atomic E-state index is 9.48. The number of hydrogen-bond donors (Lipinski definition) is 1. The monoisotopic (exact) mass is 170 g/mol. The molecule has 1 saturated carbocycles. The Kier molecular flexibility index (Phi) is 4.07. The molecule has 1 heteroatoms.